The number of nitrogens with zero attached hydrogens (tertiary/aromatic N) is 4. The lowest BCUT2D eigenvalue weighted by atomic mass is 10.4. The van der Waals surface area contributed by atoms with Gasteiger partial charge >= 0.3 is 0 Å². The number of anilines is 2. The largest absolute Gasteiger partial charge is 0.362 e. The van der Waals surface area contributed by atoms with Gasteiger partial charge in [-0.3, -0.25) is 0 Å². The normalized spacial score (nSPS) is 10.1. The molecule has 2 heterocycles. The van der Waals surface area contributed by atoms with Gasteiger partial charge in [0.05, 0.1) is 6.54 Å². The molecule has 4 N–H and O–H groups in total. The van der Waals surface area contributed by atoms with E-state index in [9.17, 15) is 0 Å². The number of hydrazine groups is 1. The van der Waals surface area contributed by atoms with Crippen molar-refractivity contribution < 1.29 is 4.52 Å². The first-order chi connectivity index (χ1) is 7.78. The van der Waals surface area contributed by atoms with Crippen LogP contribution >= 0.6 is 0 Å². The quantitative estimate of drug-likeness (QED) is 0.490. The Bertz CT molecular complexity index is 455. The van der Waals surface area contributed by atoms with Gasteiger partial charge in [-0.05, 0) is 6.92 Å². The molecule has 2 rings (SSSR count). The zero-order chi connectivity index (χ0) is 11.4. The summed E-state index contributed by atoms with van der Waals surface area (Å²) in [6.45, 7) is 2.21. The van der Waals surface area contributed by atoms with Gasteiger partial charge < -0.3 is 15.3 Å². The fourth-order valence-electron chi connectivity index (χ4n) is 1.17. The fourth-order valence-corrected chi connectivity index (χ4v) is 1.17. The van der Waals surface area contributed by atoms with E-state index in [2.05, 4.69) is 35.4 Å². The molecule has 0 saturated heterocycles. The second kappa shape index (κ2) is 4.53. The minimum Gasteiger partial charge on any atom is -0.362 e. The predicted molar refractivity (Wildman–Crippen MR) is 56.2 cm³/mol. The number of hydrogen-bond acceptors (Lipinski definition) is 8. The molecule has 0 amide bonds. The average molecular weight is 221 g/mol. The summed E-state index contributed by atoms with van der Waals surface area (Å²) in [7, 11) is 0. The van der Waals surface area contributed by atoms with E-state index >= 15 is 0 Å². The molecule has 0 aliphatic heterocycles. The molecule has 0 saturated carbocycles. The molecule has 8 nitrogen and oxygen atoms in total. The second-order valence-electron chi connectivity index (χ2n) is 3.03. The molecule has 2 aromatic rings. The minimum absolute atomic E-state index is 0.428. The van der Waals surface area contributed by atoms with Crippen molar-refractivity contribution >= 4 is 11.6 Å². The van der Waals surface area contributed by atoms with E-state index in [0.29, 0.717) is 29.8 Å². The Morgan fingerprint density at radius 2 is 2.19 bits per heavy atom. The van der Waals surface area contributed by atoms with Gasteiger partial charge in [0, 0.05) is 6.07 Å². The van der Waals surface area contributed by atoms with E-state index in [-0.39, 0.29) is 0 Å². The third kappa shape index (κ3) is 2.42. The molecular formula is C8H11N7O. The van der Waals surface area contributed by atoms with E-state index in [1.165, 1.54) is 6.39 Å². The standard InChI is InChI=1S/C8H11N7O/c1-5-12-6(2-7(13-5)14-9)10-3-8-11-4-16-15-8/h2,4H,3,9H2,1H3,(H2,10,12,13,14). The number of aryl methyl sites for hydroxylation is 1. The molecule has 0 spiro atoms. The Balaban J connectivity index is 2.06. The maximum atomic E-state index is 5.27. The first-order valence-electron chi connectivity index (χ1n) is 4.59. The Labute approximate surface area is 91.3 Å². The summed E-state index contributed by atoms with van der Waals surface area (Å²) in [6, 6.07) is 1.69. The molecule has 16 heavy (non-hydrogen) atoms. The second-order valence-corrected chi connectivity index (χ2v) is 3.03. The van der Waals surface area contributed by atoms with Crippen LogP contribution in [-0.4, -0.2) is 20.1 Å². The van der Waals surface area contributed by atoms with Crippen molar-refractivity contribution in [1.29, 1.82) is 0 Å². The summed E-state index contributed by atoms with van der Waals surface area (Å²) < 4.78 is 4.61. The van der Waals surface area contributed by atoms with Crippen LogP contribution in [0.1, 0.15) is 11.6 Å². The van der Waals surface area contributed by atoms with Gasteiger partial charge in [0.1, 0.15) is 17.5 Å². The Kier molecular flexibility index (Phi) is 2.92. The van der Waals surface area contributed by atoms with Crippen LogP contribution in [0.3, 0.4) is 0 Å². The lowest BCUT2D eigenvalue weighted by molar-refractivity contribution is 0.411. The van der Waals surface area contributed by atoms with Crippen LogP contribution in [0.25, 0.3) is 0 Å². The highest BCUT2D eigenvalue weighted by molar-refractivity contribution is 5.46. The fraction of sp³-hybridized carbons (Fsp3) is 0.250. The summed E-state index contributed by atoms with van der Waals surface area (Å²) in [6.07, 6.45) is 1.27. The highest BCUT2D eigenvalue weighted by Gasteiger charge is 2.02. The smallest absolute Gasteiger partial charge is 0.213 e. The lowest BCUT2D eigenvalue weighted by Gasteiger charge is -2.06. The molecule has 0 aliphatic carbocycles. The number of nitrogens with one attached hydrogen (secondary N) is 2. The zero-order valence-electron chi connectivity index (χ0n) is 8.64. The molecule has 0 bridgehead atoms. The molecule has 84 valence electrons. The molecule has 0 unspecified atom stereocenters. The molecule has 0 radical (unpaired) electrons. The zero-order valence-corrected chi connectivity index (χ0v) is 8.64. The molecule has 0 aromatic carbocycles. The number of hydrogen-bond donors (Lipinski definition) is 3. The third-order valence-electron chi connectivity index (χ3n) is 1.82. The van der Waals surface area contributed by atoms with E-state index < -0.39 is 0 Å². The van der Waals surface area contributed by atoms with Crippen LogP contribution in [0.15, 0.2) is 17.0 Å². The molecule has 0 aliphatic rings. The maximum absolute atomic E-state index is 5.27. The first kappa shape index (κ1) is 10.3. The van der Waals surface area contributed by atoms with Crippen LogP contribution in [-0.2, 0) is 6.54 Å². The van der Waals surface area contributed by atoms with Crippen molar-refractivity contribution in [3.8, 4) is 0 Å². The molecule has 2 aromatic heterocycles. The number of rotatable bonds is 4. The van der Waals surface area contributed by atoms with Crippen molar-refractivity contribution in [2.45, 2.75) is 13.5 Å². The molecular weight excluding hydrogens is 210 g/mol. The summed E-state index contributed by atoms with van der Waals surface area (Å²) in [4.78, 5) is 12.1. The van der Waals surface area contributed by atoms with E-state index in [1.807, 2.05) is 0 Å². The van der Waals surface area contributed by atoms with Crippen LogP contribution in [0, 0.1) is 6.92 Å². The van der Waals surface area contributed by atoms with E-state index in [4.69, 9.17) is 5.84 Å². The van der Waals surface area contributed by atoms with Gasteiger partial charge in [-0.1, -0.05) is 5.16 Å². The van der Waals surface area contributed by atoms with Crippen molar-refractivity contribution in [1.82, 2.24) is 20.1 Å². The van der Waals surface area contributed by atoms with Gasteiger partial charge in [-0.25, -0.2) is 15.8 Å². The van der Waals surface area contributed by atoms with Gasteiger partial charge in [0.2, 0.25) is 6.39 Å². The third-order valence-corrected chi connectivity index (χ3v) is 1.82. The van der Waals surface area contributed by atoms with Crippen LogP contribution in [0.5, 0.6) is 0 Å². The number of nitrogen functional groups attached to an aromatic ring is 1. The first-order valence-corrected chi connectivity index (χ1v) is 4.59. The summed E-state index contributed by atoms with van der Waals surface area (Å²) in [5, 5.41) is 6.69. The number of aromatic nitrogens is 4. The van der Waals surface area contributed by atoms with Gasteiger partial charge in [-0.15, -0.1) is 0 Å². The highest BCUT2D eigenvalue weighted by atomic mass is 16.5. The van der Waals surface area contributed by atoms with Crippen molar-refractivity contribution in [2.24, 2.45) is 5.84 Å². The average Bonchev–Trinajstić information content (AvgIpc) is 2.78. The van der Waals surface area contributed by atoms with Gasteiger partial charge in [0.25, 0.3) is 0 Å². The summed E-state index contributed by atoms with van der Waals surface area (Å²) in [5.41, 5.74) is 2.46. The molecule has 0 atom stereocenters. The monoisotopic (exact) mass is 221 g/mol. The number of nitrogens with two attached hydrogens (primary N) is 1. The van der Waals surface area contributed by atoms with Crippen molar-refractivity contribution in [3.05, 3.63) is 24.1 Å². The highest BCUT2D eigenvalue weighted by Crippen LogP contribution is 2.10. The Morgan fingerprint density at radius 3 is 2.88 bits per heavy atom. The van der Waals surface area contributed by atoms with Crippen molar-refractivity contribution in [3.63, 3.8) is 0 Å². The summed E-state index contributed by atoms with van der Waals surface area (Å²) >= 11 is 0. The lowest BCUT2D eigenvalue weighted by Crippen LogP contribution is -2.11. The van der Waals surface area contributed by atoms with Gasteiger partial charge in [0.15, 0.2) is 5.82 Å². The van der Waals surface area contributed by atoms with Crippen LogP contribution in [0.2, 0.25) is 0 Å². The summed E-state index contributed by atoms with van der Waals surface area (Å²) in [5.74, 6) is 7.63. The van der Waals surface area contributed by atoms with Crippen LogP contribution in [0.4, 0.5) is 11.6 Å². The van der Waals surface area contributed by atoms with E-state index in [0.717, 1.165) is 0 Å². The van der Waals surface area contributed by atoms with Gasteiger partial charge in [-0.2, -0.15) is 4.98 Å². The Morgan fingerprint density at radius 1 is 1.38 bits per heavy atom. The minimum atomic E-state index is 0.428. The predicted octanol–water partition coefficient (Wildman–Crippen LogP) is 0.0657. The maximum Gasteiger partial charge on any atom is 0.213 e. The molecule has 8 heteroatoms. The molecule has 0 fully saturated rings. The topological polar surface area (TPSA) is 115 Å². The SMILES string of the molecule is Cc1nc(NN)cc(NCc2ncon2)n1. The van der Waals surface area contributed by atoms with E-state index in [1.54, 1.807) is 13.0 Å². The Hall–Kier alpha value is -2.22. The van der Waals surface area contributed by atoms with Crippen LogP contribution < -0.4 is 16.6 Å². The van der Waals surface area contributed by atoms with Crippen molar-refractivity contribution in [2.75, 3.05) is 10.7 Å².